The molecule has 36 heavy (non-hydrogen) atoms. The van der Waals surface area contributed by atoms with E-state index < -0.39 is 29.2 Å². The lowest BCUT2D eigenvalue weighted by atomic mass is 10.0. The Hall–Kier alpha value is -3.98. The Kier molecular flexibility index (Phi) is 6.09. The number of oxime groups is 1. The maximum atomic E-state index is 13.0. The van der Waals surface area contributed by atoms with E-state index in [1.165, 1.54) is 18.9 Å². The first kappa shape index (κ1) is 23.7. The quantitative estimate of drug-likeness (QED) is 0.144. The van der Waals surface area contributed by atoms with E-state index in [9.17, 15) is 19.5 Å². The van der Waals surface area contributed by atoms with Crippen LogP contribution in [0.4, 0.5) is 5.13 Å². The number of H-pyrrole nitrogens is 1. The van der Waals surface area contributed by atoms with Gasteiger partial charge in [0.15, 0.2) is 29.8 Å². The number of nitrogens with zero attached hydrogens (tertiary/aromatic N) is 5. The fourth-order valence-electron chi connectivity index (χ4n) is 4.14. The van der Waals surface area contributed by atoms with E-state index in [2.05, 4.69) is 25.4 Å². The predicted octanol–water partition coefficient (Wildman–Crippen LogP) is -1.35. The van der Waals surface area contributed by atoms with Crippen LogP contribution >= 0.6 is 23.1 Å². The maximum Gasteiger partial charge on any atom is 0.276 e. The first-order chi connectivity index (χ1) is 17.3. The van der Waals surface area contributed by atoms with Crippen molar-refractivity contribution >= 4 is 62.8 Å². The van der Waals surface area contributed by atoms with E-state index in [0.717, 1.165) is 33.1 Å². The number of pyridine rings is 1. The summed E-state index contributed by atoms with van der Waals surface area (Å²) in [6.45, 7) is 2.09. The van der Waals surface area contributed by atoms with Crippen LogP contribution in [0.5, 0.6) is 0 Å². The molecule has 0 aromatic carbocycles. The average Bonchev–Trinajstić information content (AvgIpc) is 3.44. The monoisotopic (exact) mass is 528 g/mol. The number of carboxylic acid groups (broad SMARTS) is 1. The minimum absolute atomic E-state index is 0.144. The summed E-state index contributed by atoms with van der Waals surface area (Å²) in [6, 6.07) is 0.875. The lowest BCUT2D eigenvalue weighted by Gasteiger charge is -2.50. The Bertz CT molecular complexity index is 1460. The standard InChI is InChI=1S/C21H20N8O5S2/c1-9-23-11-3-4-28(6-12(11)24-9)5-10-7-35-19-15(18(31)29(19)16(10)20(32)33)26-17(30)14(27-34-2)13-8-36-21(22)25-13/h3-4,6,8,15,19H,5,7H2,1-2H3,(H4,22,25,26,30,32,33)/b27-14-/t15-,19-/m1/s1. The molecule has 15 heteroatoms. The van der Waals surface area contributed by atoms with Gasteiger partial charge in [0.2, 0.25) is 0 Å². The Labute approximate surface area is 212 Å². The number of aliphatic carboxylic acids is 1. The summed E-state index contributed by atoms with van der Waals surface area (Å²) in [5.41, 5.74) is 7.65. The van der Waals surface area contributed by atoms with Gasteiger partial charge in [-0.15, -0.1) is 23.1 Å². The zero-order valence-electron chi connectivity index (χ0n) is 19.0. The Morgan fingerprint density at radius 3 is 2.94 bits per heavy atom. The number of aryl methyl sites for hydroxylation is 1. The number of rotatable bonds is 7. The van der Waals surface area contributed by atoms with E-state index >= 15 is 0 Å². The third kappa shape index (κ3) is 4.15. The highest BCUT2D eigenvalue weighted by Crippen LogP contribution is 2.40. The third-order valence-corrected chi connectivity index (χ3v) is 7.67. The molecule has 2 aliphatic heterocycles. The van der Waals surface area contributed by atoms with Crippen LogP contribution in [0.3, 0.4) is 0 Å². The van der Waals surface area contributed by atoms with Crippen LogP contribution in [0, 0.1) is 6.92 Å². The molecule has 186 valence electrons. The number of nitrogens with one attached hydrogen (secondary N) is 2. The molecule has 0 spiro atoms. The van der Waals surface area contributed by atoms with Crippen molar-refractivity contribution in [2.45, 2.75) is 24.9 Å². The smallest absolute Gasteiger partial charge is 0.276 e. The summed E-state index contributed by atoms with van der Waals surface area (Å²) in [7, 11) is 1.28. The van der Waals surface area contributed by atoms with Gasteiger partial charge in [-0.25, -0.2) is 9.97 Å². The second kappa shape index (κ2) is 9.23. The topological polar surface area (TPSA) is 183 Å². The van der Waals surface area contributed by atoms with Gasteiger partial charge < -0.3 is 30.8 Å². The molecule has 1 fully saturated rings. The summed E-state index contributed by atoms with van der Waals surface area (Å²) in [5.74, 6) is -1.60. The van der Waals surface area contributed by atoms with Gasteiger partial charge in [0.1, 0.15) is 41.1 Å². The van der Waals surface area contributed by atoms with Gasteiger partial charge in [-0.1, -0.05) is 5.16 Å². The fourth-order valence-corrected chi connectivity index (χ4v) is 6.03. The van der Waals surface area contributed by atoms with E-state index in [0.29, 0.717) is 11.3 Å². The molecule has 3 aromatic heterocycles. The zero-order valence-corrected chi connectivity index (χ0v) is 20.7. The molecule has 0 aliphatic carbocycles. The highest BCUT2D eigenvalue weighted by Gasteiger charge is 2.53. The van der Waals surface area contributed by atoms with Gasteiger partial charge in [0, 0.05) is 22.8 Å². The number of hydrogen-bond acceptors (Lipinski definition) is 11. The largest absolute Gasteiger partial charge is 0.543 e. The van der Waals surface area contributed by atoms with Gasteiger partial charge in [-0.3, -0.25) is 14.5 Å². The number of β-lactam (4-membered cyclic amide) rings is 1. The molecule has 1 saturated heterocycles. The summed E-state index contributed by atoms with van der Waals surface area (Å²) in [5, 5.41) is 19.6. The number of thiazole rings is 1. The summed E-state index contributed by atoms with van der Waals surface area (Å²) >= 11 is 2.48. The number of carbonyl (C=O) groups is 3. The normalized spacial score (nSPS) is 19.8. The predicted molar refractivity (Wildman–Crippen MR) is 128 cm³/mol. The van der Waals surface area contributed by atoms with Crippen molar-refractivity contribution in [2.24, 2.45) is 5.16 Å². The first-order valence-corrected chi connectivity index (χ1v) is 12.6. The Morgan fingerprint density at radius 1 is 1.44 bits per heavy atom. The van der Waals surface area contributed by atoms with E-state index in [1.54, 1.807) is 11.6 Å². The number of hydrogen-bond donors (Lipinski definition) is 3. The van der Waals surface area contributed by atoms with Crippen LogP contribution in [0.15, 0.2) is 40.3 Å². The minimum Gasteiger partial charge on any atom is -0.543 e. The van der Waals surface area contributed by atoms with Crippen molar-refractivity contribution in [2.75, 3.05) is 18.6 Å². The Morgan fingerprint density at radius 2 is 2.25 bits per heavy atom. The van der Waals surface area contributed by atoms with Gasteiger partial charge >= 0.3 is 0 Å². The molecule has 5 heterocycles. The van der Waals surface area contributed by atoms with Crippen molar-refractivity contribution in [3.05, 3.63) is 46.6 Å². The fraction of sp³-hybridized carbons (Fsp3) is 0.286. The van der Waals surface area contributed by atoms with Crippen molar-refractivity contribution in [3.63, 3.8) is 0 Å². The van der Waals surface area contributed by atoms with E-state index in [-0.39, 0.29) is 28.8 Å². The van der Waals surface area contributed by atoms with Gasteiger partial charge in [0.05, 0.1) is 11.7 Å². The van der Waals surface area contributed by atoms with Gasteiger partial charge in [-0.2, -0.15) is 4.57 Å². The van der Waals surface area contributed by atoms with Crippen molar-refractivity contribution < 1.29 is 28.9 Å². The van der Waals surface area contributed by atoms with Crippen LogP contribution in [0.25, 0.3) is 11.0 Å². The molecule has 13 nitrogen and oxygen atoms in total. The SMILES string of the molecule is CO/N=C(\C(=O)N[C@@H]1C(=O)N2C(C(=O)[O-])=C(C[n+]3ccc4nc(C)[nH]c4c3)CS[C@H]12)c1csc(N)n1. The number of fused-ring (bicyclic) bond motifs is 2. The molecular weight excluding hydrogens is 508 g/mol. The van der Waals surface area contributed by atoms with Crippen molar-refractivity contribution in [1.29, 1.82) is 0 Å². The summed E-state index contributed by atoms with van der Waals surface area (Å²) < 4.78 is 1.82. The lowest BCUT2D eigenvalue weighted by molar-refractivity contribution is -0.687. The van der Waals surface area contributed by atoms with E-state index in [1.807, 2.05) is 23.8 Å². The van der Waals surface area contributed by atoms with Crippen LogP contribution in [-0.4, -0.2) is 67.6 Å². The van der Waals surface area contributed by atoms with Crippen molar-refractivity contribution in [1.82, 2.24) is 25.2 Å². The first-order valence-electron chi connectivity index (χ1n) is 10.6. The zero-order chi connectivity index (χ0) is 25.6. The molecule has 2 aliphatic rings. The number of amides is 2. The summed E-state index contributed by atoms with van der Waals surface area (Å²) in [6.07, 6.45) is 3.62. The molecule has 0 bridgehead atoms. The molecule has 3 aromatic rings. The molecule has 0 radical (unpaired) electrons. The Balaban J connectivity index is 1.36. The molecule has 2 atom stereocenters. The minimum atomic E-state index is -1.45. The number of thioether (sulfide) groups is 1. The number of imidazole rings is 1. The number of anilines is 1. The number of aromatic amines is 1. The second-order valence-corrected chi connectivity index (χ2v) is 10.0. The molecule has 5 rings (SSSR count). The highest BCUT2D eigenvalue weighted by molar-refractivity contribution is 8.00. The number of nitrogen functional groups attached to an aromatic ring is 1. The molecule has 2 amide bonds. The van der Waals surface area contributed by atoms with E-state index in [4.69, 9.17) is 10.6 Å². The molecular formula is C21H20N8O5S2. The van der Waals surface area contributed by atoms with Crippen LogP contribution in [0.1, 0.15) is 11.5 Å². The lowest BCUT2D eigenvalue weighted by Crippen LogP contribution is -2.71. The number of aromatic nitrogens is 4. The highest BCUT2D eigenvalue weighted by atomic mass is 32.2. The number of carboxylic acids is 1. The average molecular weight is 529 g/mol. The van der Waals surface area contributed by atoms with Crippen LogP contribution in [0.2, 0.25) is 0 Å². The van der Waals surface area contributed by atoms with Gasteiger partial charge in [0.25, 0.3) is 11.8 Å². The van der Waals surface area contributed by atoms with Crippen LogP contribution in [-0.2, 0) is 25.8 Å². The number of nitrogens with two attached hydrogens (primary N) is 1. The molecule has 0 unspecified atom stereocenters. The maximum absolute atomic E-state index is 13.0. The van der Waals surface area contributed by atoms with Crippen LogP contribution < -0.4 is 20.7 Å². The second-order valence-electron chi connectivity index (χ2n) is 8.03. The molecule has 4 N–H and O–H groups in total. The van der Waals surface area contributed by atoms with Crippen molar-refractivity contribution in [3.8, 4) is 0 Å². The third-order valence-electron chi connectivity index (χ3n) is 5.66. The van der Waals surface area contributed by atoms with Gasteiger partial charge in [-0.05, 0) is 6.92 Å². The molecule has 0 saturated carbocycles. The number of carbonyl (C=O) groups excluding carboxylic acids is 3. The summed E-state index contributed by atoms with van der Waals surface area (Å²) in [4.78, 5) is 55.4.